The predicted octanol–water partition coefficient (Wildman–Crippen LogP) is 3.04. The van der Waals surface area contributed by atoms with E-state index in [9.17, 15) is 5.11 Å². The molecule has 3 rings (SSSR count). The van der Waals surface area contributed by atoms with Crippen molar-refractivity contribution in [3.63, 3.8) is 0 Å². The molecule has 0 spiro atoms. The van der Waals surface area contributed by atoms with E-state index in [4.69, 9.17) is 0 Å². The molecule has 1 heteroatoms. The largest absolute Gasteiger partial charge is 0.385 e. The van der Waals surface area contributed by atoms with Gasteiger partial charge < -0.3 is 5.11 Å². The van der Waals surface area contributed by atoms with Crippen molar-refractivity contribution in [3.8, 4) is 0 Å². The number of allylic oxidation sites excluding steroid dienone is 1. The molecule has 0 aromatic carbocycles. The molecule has 3 aliphatic rings. The molecule has 3 aliphatic carbocycles. The summed E-state index contributed by atoms with van der Waals surface area (Å²) in [7, 11) is 0. The predicted molar refractivity (Wildman–Crippen MR) is 56.9 cm³/mol. The van der Waals surface area contributed by atoms with Crippen LogP contribution < -0.4 is 0 Å². The Hall–Kier alpha value is -0.300. The molecule has 0 aliphatic heterocycles. The highest BCUT2D eigenvalue weighted by Gasteiger charge is 2.51. The van der Waals surface area contributed by atoms with E-state index in [1.165, 1.54) is 50.5 Å². The van der Waals surface area contributed by atoms with Gasteiger partial charge in [0.1, 0.15) is 0 Å². The maximum Gasteiger partial charge on any atom is 0.0887 e. The van der Waals surface area contributed by atoms with E-state index in [0.29, 0.717) is 5.92 Å². The second kappa shape index (κ2) is 3.10. The normalized spacial score (nSPS) is 46.8. The summed E-state index contributed by atoms with van der Waals surface area (Å²) in [5, 5.41) is 10.7. The molecular formula is C13H20O. The van der Waals surface area contributed by atoms with Gasteiger partial charge in [-0.25, -0.2) is 0 Å². The zero-order chi connectivity index (χ0) is 9.60. The van der Waals surface area contributed by atoms with E-state index in [2.05, 4.69) is 6.08 Å². The van der Waals surface area contributed by atoms with Gasteiger partial charge >= 0.3 is 0 Å². The molecule has 0 radical (unpaired) electrons. The van der Waals surface area contributed by atoms with Crippen molar-refractivity contribution < 1.29 is 5.11 Å². The summed E-state index contributed by atoms with van der Waals surface area (Å²) in [5.74, 6) is 1.45. The first kappa shape index (κ1) is 8.96. The number of fused-ring (bicyclic) bond motifs is 2. The first-order valence-electron chi connectivity index (χ1n) is 6.21. The Balaban J connectivity index is 1.86. The first-order valence-corrected chi connectivity index (χ1v) is 6.21. The van der Waals surface area contributed by atoms with E-state index in [0.717, 1.165) is 12.3 Å². The average molecular weight is 192 g/mol. The standard InChI is InChI=1S/C13H20O/c14-13(11-4-2-1-3-5-11)9-10-6-7-12(13)8-10/h4,10,12,14H,1-3,5-9H2. The molecule has 1 nitrogen and oxygen atoms in total. The highest BCUT2D eigenvalue weighted by molar-refractivity contribution is 5.24. The van der Waals surface area contributed by atoms with Gasteiger partial charge in [-0.3, -0.25) is 0 Å². The van der Waals surface area contributed by atoms with Crippen LogP contribution in [0, 0.1) is 11.8 Å². The van der Waals surface area contributed by atoms with Gasteiger partial charge in [0.25, 0.3) is 0 Å². The fourth-order valence-corrected chi connectivity index (χ4v) is 3.93. The van der Waals surface area contributed by atoms with Crippen molar-refractivity contribution in [2.45, 2.75) is 57.0 Å². The highest BCUT2D eigenvalue weighted by atomic mass is 16.3. The molecule has 1 N–H and O–H groups in total. The molecule has 2 bridgehead atoms. The maximum atomic E-state index is 10.7. The number of rotatable bonds is 1. The van der Waals surface area contributed by atoms with E-state index < -0.39 is 0 Å². The zero-order valence-electron chi connectivity index (χ0n) is 8.84. The Kier molecular flexibility index (Phi) is 1.98. The highest BCUT2D eigenvalue weighted by Crippen LogP contribution is 2.54. The topological polar surface area (TPSA) is 20.2 Å². The summed E-state index contributed by atoms with van der Waals surface area (Å²) in [6.07, 6.45) is 12.4. The fourth-order valence-electron chi connectivity index (χ4n) is 3.93. The minimum Gasteiger partial charge on any atom is -0.385 e. The van der Waals surface area contributed by atoms with Crippen LogP contribution in [-0.4, -0.2) is 10.7 Å². The van der Waals surface area contributed by atoms with Crippen molar-refractivity contribution in [2.24, 2.45) is 11.8 Å². The van der Waals surface area contributed by atoms with Crippen LogP contribution in [0.2, 0.25) is 0 Å². The lowest BCUT2D eigenvalue weighted by atomic mass is 9.75. The van der Waals surface area contributed by atoms with Gasteiger partial charge in [0, 0.05) is 0 Å². The number of hydrogen-bond donors (Lipinski definition) is 1. The molecular weight excluding hydrogens is 172 g/mol. The smallest absolute Gasteiger partial charge is 0.0887 e. The van der Waals surface area contributed by atoms with E-state index >= 15 is 0 Å². The molecule has 78 valence electrons. The van der Waals surface area contributed by atoms with Crippen molar-refractivity contribution in [2.75, 3.05) is 0 Å². The molecule has 0 saturated heterocycles. The van der Waals surface area contributed by atoms with Gasteiger partial charge in [-0.1, -0.05) is 6.08 Å². The third-order valence-corrected chi connectivity index (χ3v) is 4.66. The van der Waals surface area contributed by atoms with Gasteiger partial charge in [-0.15, -0.1) is 0 Å². The summed E-state index contributed by atoms with van der Waals surface area (Å²) in [5.41, 5.74) is 1.04. The summed E-state index contributed by atoms with van der Waals surface area (Å²) in [6.45, 7) is 0. The van der Waals surface area contributed by atoms with Crippen LogP contribution in [0.1, 0.15) is 51.4 Å². The Labute approximate surface area is 86.2 Å². The average Bonchev–Trinajstić information content (AvgIpc) is 2.79. The van der Waals surface area contributed by atoms with Gasteiger partial charge in [0.2, 0.25) is 0 Å². The third kappa shape index (κ3) is 1.18. The lowest BCUT2D eigenvalue weighted by Crippen LogP contribution is -2.37. The minimum absolute atomic E-state index is 0.358. The Morgan fingerprint density at radius 2 is 2.21 bits per heavy atom. The third-order valence-electron chi connectivity index (χ3n) is 4.66. The molecule has 2 saturated carbocycles. The zero-order valence-corrected chi connectivity index (χ0v) is 8.84. The van der Waals surface area contributed by atoms with Crippen LogP contribution in [0.3, 0.4) is 0 Å². The second-order valence-electron chi connectivity index (χ2n) is 5.48. The minimum atomic E-state index is -0.358. The lowest BCUT2D eigenvalue weighted by Gasteiger charge is -2.36. The van der Waals surface area contributed by atoms with Crippen molar-refractivity contribution in [3.05, 3.63) is 11.6 Å². The van der Waals surface area contributed by atoms with Gasteiger partial charge in [0.05, 0.1) is 5.60 Å². The van der Waals surface area contributed by atoms with Crippen LogP contribution in [0.4, 0.5) is 0 Å². The first-order chi connectivity index (χ1) is 6.79. The number of hydrogen-bond acceptors (Lipinski definition) is 1. The SMILES string of the molecule is OC1(C2=CCCCC2)CC2CCC1C2. The summed E-state index contributed by atoms with van der Waals surface area (Å²) in [4.78, 5) is 0. The number of aliphatic hydroxyl groups is 1. The van der Waals surface area contributed by atoms with Crippen LogP contribution in [0.5, 0.6) is 0 Å². The van der Waals surface area contributed by atoms with Crippen LogP contribution in [-0.2, 0) is 0 Å². The van der Waals surface area contributed by atoms with Gasteiger partial charge in [-0.05, 0) is 68.8 Å². The van der Waals surface area contributed by atoms with Crippen LogP contribution in [0.15, 0.2) is 11.6 Å². The Morgan fingerprint density at radius 3 is 2.79 bits per heavy atom. The fraction of sp³-hybridized carbons (Fsp3) is 0.846. The molecule has 3 unspecified atom stereocenters. The summed E-state index contributed by atoms with van der Waals surface area (Å²) in [6, 6.07) is 0. The van der Waals surface area contributed by atoms with Crippen LogP contribution >= 0.6 is 0 Å². The molecule has 3 atom stereocenters. The molecule has 0 aromatic heterocycles. The van der Waals surface area contributed by atoms with E-state index in [-0.39, 0.29) is 5.60 Å². The summed E-state index contributed by atoms with van der Waals surface area (Å²) < 4.78 is 0. The van der Waals surface area contributed by atoms with Crippen molar-refractivity contribution in [1.82, 2.24) is 0 Å². The van der Waals surface area contributed by atoms with Crippen molar-refractivity contribution >= 4 is 0 Å². The van der Waals surface area contributed by atoms with Gasteiger partial charge in [0.15, 0.2) is 0 Å². The lowest BCUT2D eigenvalue weighted by molar-refractivity contribution is 0.0180. The second-order valence-corrected chi connectivity index (χ2v) is 5.48. The van der Waals surface area contributed by atoms with E-state index in [1.54, 1.807) is 0 Å². The van der Waals surface area contributed by atoms with Crippen LogP contribution in [0.25, 0.3) is 0 Å². The van der Waals surface area contributed by atoms with Gasteiger partial charge in [-0.2, -0.15) is 0 Å². The monoisotopic (exact) mass is 192 g/mol. The molecule has 0 aromatic rings. The molecule has 0 heterocycles. The maximum absolute atomic E-state index is 10.7. The quantitative estimate of drug-likeness (QED) is 0.633. The van der Waals surface area contributed by atoms with E-state index in [1.807, 2.05) is 0 Å². The summed E-state index contributed by atoms with van der Waals surface area (Å²) >= 11 is 0. The Morgan fingerprint density at radius 1 is 1.29 bits per heavy atom. The Bertz CT molecular complexity index is 268. The molecule has 0 amide bonds. The van der Waals surface area contributed by atoms with Crippen molar-refractivity contribution in [1.29, 1.82) is 0 Å². The molecule has 2 fully saturated rings. The molecule has 14 heavy (non-hydrogen) atoms.